The van der Waals surface area contributed by atoms with Gasteiger partial charge in [-0.25, -0.2) is 4.98 Å². The van der Waals surface area contributed by atoms with Gasteiger partial charge in [0.25, 0.3) is 0 Å². The molecule has 3 heterocycles. The van der Waals surface area contributed by atoms with Crippen molar-refractivity contribution in [2.75, 3.05) is 31.1 Å². The summed E-state index contributed by atoms with van der Waals surface area (Å²) in [7, 11) is 0. The Labute approximate surface area is 170 Å². The minimum Gasteiger partial charge on any atom is -0.353 e. The third-order valence-corrected chi connectivity index (χ3v) is 6.15. The fourth-order valence-corrected chi connectivity index (χ4v) is 4.26. The van der Waals surface area contributed by atoms with E-state index in [1.807, 2.05) is 36.9 Å². The maximum absolute atomic E-state index is 4.84. The molecule has 1 fully saturated rings. The Morgan fingerprint density at radius 2 is 1.75 bits per heavy atom. The largest absolute Gasteiger partial charge is 0.353 e. The molecule has 1 unspecified atom stereocenters. The molecule has 28 heavy (non-hydrogen) atoms. The molecule has 0 saturated carbocycles. The van der Waals surface area contributed by atoms with Crippen LogP contribution in [-0.4, -0.2) is 46.0 Å². The Kier molecular flexibility index (Phi) is 6.19. The van der Waals surface area contributed by atoms with Crippen LogP contribution in [0.15, 0.2) is 72.3 Å². The topological polar surface area (TPSA) is 45.2 Å². The van der Waals surface area contributed by atoms with Crippen molar-refractivity contribution in [3.8, 4) is 0 Å². The molecule has 1 aliphatic rings. The second kappa shape index (κ2) is 9.17. The predicted molar refractivity (Wildman–Crippen MR) is 114 cm³/mol. The molecule has 5 nitrogen and oxygen atoms in total. The molecule has 6 heteroatoms. The first-order chi connectivity index (χ1) is 13.8. The first-order valence-corrected chi connectivity index (χ1v) is 10.7. The molecule has 1 aromatic carbocycles. The average molecular weight is 392 g/mol. The average Bonchev–Trinajstić information content (AvgIpc) is 2.79. The van der Waals surface area contributed by atoms with Gasteiger partial charge in [0.2, 0.25) is 0 Å². The zero-order valence-electron chi connectivity index (χ0n) is 16.1. The Morgan fingerprint density at radius 3 is 2.50 bits per heavy atom. The third-order valence-electron chi connectivity index (χ3n) is 5.18. The van der Waals surface area contributed by atoms with Crippen LogP contribution in [0, 0.1) is 0 Å². The molecule has 2 aromatic heterocycles. The van der Waals surface area contributed by atoms with Gasteiger partial charge in [-0.1, -0.05) is 36.4 Å². The van der Waals surface area contributed by atoms with Crippen molar-refractivity contribution in [3.05, 3.63) is 78.4 Å². The van der Waals surface area contributed by atoms with E-state index in [4.69, 9.17) is 4.98 Å². The van der Waals surface area contributed by atoms with Crippen LogP contribution >= 0.6 is 11.8 Å². The van der Waals surface area contributed by atoms with Crippen molar-refractivity contribution in [2.24, 2.45) is 0 Å². The van der Waals surface area contributed by atoms with Gasteiger partial charge in [-0.3, -0.25) is 14.9 Å². The lowest BCUT2D eigenvalue weighted by atomic mass is 10.1. The van der Waals surface area contributed by atoms with Crippen LogP contribution in [0.5, 0.6) is 0 Å². The second-order valence-corrected chi connectivity index (χ2v) is 7.97. The van der Waals surface area contributed by atoms with E-state index >= 15 is 0 Å². The van der Waals surface area contributed by atoms with Gasteiger partial charge in [0.1, 0.15) is 10.8 Å². The molecule has 0 spiro atoms. The molecular weight excluding hydrogens is 366 g/mol. The van der Waals surface area contributed by atoms with Crippen LogP contribution in [0.1, 0.15) is 24.1 Å². The van der Waals surface area contributed by atoms with Crippen LogP contribution in [-0.2, 0) is 5.75 Å². The number of thioether (sulfide) groups is 1. The highest BCUT2D eigenvalue weighted by Crippen LogP contribution is 2.25. The lowest BCUT2D eigenvalue weighted by molar-refractivity contribution is 0.198. The number of rotatable bonds is 6. The van der Waals surface area contributed by atoms with E-state index in [-0.39, 0.29) is 0 Å². The highest BCUT2D eigenvalue weighted by Gasteiger charge is 2.23. The number of nitrogens with zero attached hydrogens (tertiary/aromatic N) is 5. The van der Waals surface area contributed by atoms with E-state index in [0.717, 1.165) is 42.8 Å². The van der Waals surface area contributed by atoms with Gasteiger partial charge in [-0.2, -0.15) is 0 Å². The van der Waals surface area contributed by atoms with Crippen molar-refractivity contribution in [2.45, 2.75) is 23.7 Å². The number of anilines is 1. The predicted octanol–water partition coefficient (Wildman–Crippen LogP) is 4.05. The maximum atomic E-state index is 4.84. The number of hydrogen-bond donors (Lipinski definition) is 0. The molecule has 3 aromatic rings. The van der Waals surface area contributed by atoms with Gasteiger partial charge >= 0.3 is 0 Å². The number of pyridine rings is 1. The van der Waals surface area contributed by atoms with E-state index in [1.54, 1.807) is 11.8 Å². The van der Waals surface area contributed by atoms with Crippen LogP contribution in [0.25, 0.3) is 0 Å². The first-order valence-electron chi connectivity index (χ1n) is 9.67. The van der Waals surface area contributed by atoms with Crippen molar-refractivity contribution in [1.29, 1.82) is 0 Å². The monoisotopic (exact) mass is 391 g/mol. The molecule has 0 aliphatic carbocycles. The summed E-state index contributed by atoms with van der Waals surface area (Å²) < 4.78 is 0. The van der Waals surface area contributed by atoms with Crippen LogP contribution in [0.2, 0.25) is 0 Å². The standard InChI is InChI=1S/C22H25N5S/c1-18(20-8-5-9-23-14-20)26-10-12-27(13-11-26)21-15-24-16-22(25-21)28-17-19-6-3-2-4-7-19/h2-9,14-16,18H,10-13,17H2,1H3. The normalized spacial score (nSPS) is 16.1. The second-order valence-electron chi connectivity index (χ2n) is 6.98. The van der Waals surface area contributed by atoms with Gasteiger partial charge in [-0.15, -0.1) is 11.8 Å². The van der Waals surface area contributed by atoms with E-state index in [9.17, 15) is 0 Å². The van der Waals surface area contributed by atoms with Crippen molar-refractivity contribution in [1.82, 2.24) is 19.9 Å². The Hall–Kier alpha value is -2.44. The van der Waals surface area contributed by atoms with Crippen molar-refractivity contribution >= 4 is 17.6 Å². The summed E-state index contributed by atoms with van der Waals surface area (Å²) in [4.78, 5) is 18.4. The number of aromatic nitrogens is 3. The molecule has 4 rings (SSSR count). The Morgan fingerprint density at radius 1 is 0.929 bits per heavy atom. The molecular formula is C22H25N5S. The first kappa shape index (κ1) is 18.9. The molecule has 0 amide bonds. The van der Waals surface area contributed by atoms with Crippen LogP contribution in [0.3, 0.4) is 0 Å². The lowest BCUT2D eigenvalue weighted by Crippen LogP contribution is -2.47. The summed E-state index contributed by atoms with van der Waals surface area (Å²) in [6, 6.07) is 15.0. The van der Waals surface area contributed by atoms with Crippen LogP contribution < -0.4 is 4.90 Å². The molecule has 1 atom stereocenters. The molecule has 0 radical (unpaired) electrons. The summed E-state index contributed by atoms with van der Waals surface area (Å²) >= 11 is 1.74. The van der Waals surface area contributed by atoms with E-state index in [2.05, 4.69) is 57.0 Å². The maximum Gasteiger partial charge on any atom is 0.148 e. The van der Waals surface area contributed by atoms with E-state index in [1.165, 1.54) is 11.1 Å². The van der Waals surface area contributed by atoms with Gasteiger partial charge in [0, 0.05) is 50.4 Å². The SMILES string of the molecule is CC(c1cccnc1)N1CCN(c2cncc(SCc3ccccc3)n2)CC1. The zero-order chi connectivity index (χ0) is 19.2. The van der Waals surface area contributed by atoms with Crippen molar-refractivity contribution in [3.63, 3.8) is 0 Å². The summed E-state index contributed by atoms with van der Waals surface area (Å²) in [6.45, 7) is 6.21. The summed E-state index contributed by atoms with van der Waals surface area (Å²) in [6.07, 6.45) is 7.54. The number of hydrogen-bond acceptors (Lipinski definition) is 6. The molecule has 1 saturated heterocycles. The smallest absolute Gasteiger partial charge is 0.148 e. The van der Waals surface area contributed by atoms with Gasteiger partial charge in [0.05, 0.1) is 12.4 Å². The van der Waals surface area contributed by atoms with E-state index in [0.29, 0.717) is 6.04 Å². The summed E-state index contributed by atoms with van der Waals surface area (Å²) in [5, 5.41) is 0.979. The van der Waals surface area contributed by atoms with Crippen LogP contribution in [0.4, 0.5) is 5.82 Å². The quantitative estimate of drug-likeness (QED) is 0.591. The van der Waals surface area contributed by atoms with Crippen molar-refractivity contribution < 1.29 is 0 Å². The fourth-order valence-electron chi connectivity index (χ4n) is 3.46. The van der Waals surface area contributed by atoms with E-state index < -0.39 is 0 Å². The molecule has 1 aliphatic heterocycles. The minimum atomic E-state index is 0.384. The number of piperazine rings is 1. The molecule has 0 bridgehead atoms. The minimum absolute atomic E-state index is 0.384. The Balaban J connectivity index is 1.34. The molecule has 144 valence electrons. The fraction of sp³-hybridized carbons (Fsp3) is 0.318. The summed E-state index contributed by atoms with van der Waals surface area (Å²) in [5.74, 6) is 1.89. The van der Waals surface area contributed by atoms with Gasteiger partial charge < -0.3 is 4.90 Å². The molecule has 0 N–H and O–H groups in total. The Bertz CT molecular complexity index is 866. The highest BCUT2D eigenvalue weighted by atomic mass is 32.2. The summed E-state index contributed by atoms with van der Waals surface area (Å²) in [5.41, 5.74) is 2.58. The number of benzene rings is 1. The third kappa shape index (κ3) is 4.69. The zero-order valence-corrected chi connectivity index (χ0v) is 16.9. The lowest BCUT2D eigenvalue weighted by Gasteiger charge is -2.38. The highest BCUT2D eigenvalue weighted by molar-refractivity contribution is 7.98. The van der Waals surface area contributed by atoms with Gasteiger partial charge in [0.15, 0.2) is 0 Å². The van der Waals surface area contributed by atoms with Gasteiger partial charge in [-0.05, 0) is 24.1 Å².